The van der Waals surface area contributed by atoms with Crippen LogP contribution in [-0.4, -0.2) is 62.8 Å². The molecule has 0 bridgehead atoms. The Balaban J connectivity index is 1.72. The molecule has 1 aliphatic rings. The Morgan fingerprint density at radius 1 is 1.14 bits per heavy atom. The predicted molar refractivity (Wildman–Crippen MR) is 114 cm³/mol. The number of nitrogens with one attached hydrogen (secondary N) is 2. The number of amides is 1. The molecule has 0 radical (unpaired) electrons. The molecule has 158 valence electrons. The first-order valence-corrected chi connectivity index (χ1v) is 9.95. The summed E-state index contributed by atoms with van der Waals surface area (Å²) in [6.45, 7) is 7.19. The largest absolute Gasteiger partial charge is 0.496 e. The van der Waals surface area contributed by atoms with Gasteiger partial charge in [-0.2, -0.15) is 0 Å². The lowest BCUT2D eigenvalue weighted by Crippen LogP contribution is -2.44. The summed E-state index contributed by atoms with van der Waals surface area (Å²) in [6, 6.07) is 3.74. The van der Waals surface area contributed by atoms with Gasteiger partial charge in [-0.3, -0.25) is 9.69 Å². The number of allylic oxidation sites excluding steroid dienone is 1. The van der Waals surface area contributed by atoms with E-state index in [1.165, 1.54) is 5.57 Å². The molecule has 3 rings (SSSR count). The Bertz CT molecular complexity index is 891. The van der Waals surface area contributed by atoms with Crippen LogP contribution in [0.1, 0.15) is 37.2 Å². The maximum atomic E-state index is 12.9. The number of rotatable bonds is 7. The van der Waals surface area contributed by atoms with Crippen molar-refractivity contribution in [2.24, 2.45) is 0 Å². The lowest BCUT2D eigenvalue weighted by Gasteiger charge is -2.31. The third kappa shape index (κ3) is 4.67. The van der Waals surface area contributed by atoms with E-state index in [1.54, 1.807) is 33.5 Å². The van der Waals surface area contributed by atoms with Crippen LogP contribution in [0.5, 0.6) is 17.2 Å². The number of piperidine rings is 1. The fourth-order valence-electron chi connectivity index (χ4n) is 3.69. The second kappa shape index (κ2) is 9.22. The van der Waals surface area contributed by atoms with Crippen molar-refractivity contribution in [3.63, 3.8) is 0 Å². The average Bonchev–Trinajstić information content (AvgIpc) is 3.17. The number of carbonyl (C=O) groups is 1. The van der Waals surface area contributed by atoms with E-state index in [-0.39, 0.29) is 11.9 Å². The van der Waals surface area contributed by atoms with Crippen molar-refractivity contribution in [1.82, 2.24) is 15.2 Å². The molecule has 2 N–H and O–H groups in total. The topological polar surface area (TPSA) is 75.8 Å². The lowest BCUT2D eigenvalue weighted by atomic mass is 10.0. The molecule has 2 heterocycles. The van der Waals surface area contributed by atoms with Gasteiger partial charge in [0.2, 0.25) is 0 Å². The highest BCUT2D eigenvalue weighted by atomic mass is 16.5. The molecule has 0 atom stereocenters. The molecule has 1 aromatic heterocycles. The normalized spacial score (nSPS) is 15.2. The second-order valence-electron chi connectivity index (χ2n) is 7.62. The predicted octanol–water partition coefficient (Wildman–Crippen LogP) is 3.35. The summed E-state index contributed by atoms with van der Waals surface area (Å²) < 4.78 is 16.3. The molecule has 1 aromatic carbocycles. The summed E-state index contributed by atoms with van der Waals surface area (Å²) in [4.78, 5) is 18.5. The van der Waals surface area contributed by atoms with E-state index >= 15 is 0 Å². The summed E-state index contributed by atoms with van der Waals surface area (Å²) in [6.07, 6.45) is 4.14. The third-order valence-corrected chi connectivity index (χ3v) is 5.37. The van der Waals surface area contributed by atoms with Crippen LogP contribution in [0.15, 0.2) is 23.8 Å². The van der Waals surface area contributed by atoms with Crippen molar-refractivity contribution in [3.05, 3.63) is 29.5 Å². The van der Waals surface area contributed by atoms with E-state index in [4.69, 9.17) is 14.2 Å². The van der Waals surface area contributed by atoms with E-state index < -0.39 is 0 Å². The minimum atomic E-state index is -0.118. The number of carbonyl (C=O) groups excluding carboxylic acids is 1. The zero-order valence-corrected chi connectivity index (χ0v) is 17.9. The van der Waals surface area contributed by atoms with E-state index in [9.17, 15) is 4.79 Å². The number of ether oxygens (including phenoxy) is 3. The van der Waals surface area contributed by atoms with Crippen LogP contribution in [0, 0.1) is 0 Å². The van der Waals surface area contributed by atoms with Crippen LogP contribution in [0.4, 0.5) is 0 Å². The molecular weight excluding hydrogens is 370 g/mol. The van der Waals surface area contributed by atoms with Crippen molar-refractivity contribution in [2.75, 3.05) is 41.0 Å². The monoisotopic (exact) mass is 401 g/mol. The van der Waals surface area contributed by atoms with Crippen LogP contribution in [0.3, 0.4) is 0 Å². The molecule has 0 aliphatic carbocycles. The van der Waals surface area contributed by atoms with Gasteiger partial charge in [0, 0.05) is 37.1 Å². The van der Waals surface area contributed by atoms with E-state index in [1.807, 2.05) is 0 Å². The molecular formula is C22H31N3O4. The van der Waals surface area contributed by atoms with Crippen LogP contribution >= 0.6 is 0 Å². The van der Waals surface area contributed by atoms with Gasteiger partial charge in [0.15, 0.2) is 11.5 Å². The highest BCUT2D eigenvalue weighted by molar-refractivity contribution is 6.02. The van der Waals surface area contributed by atoms with Crippen LogP contribution in [0.25, 0.3) is 10.9 Å². The number of hydrogen-bond acceptors (Lipinski definition) is 5. The molecule has 1 amide bonds. The molecule has 1 saturated heterocycles. The Hall–Kier alpha value is -2.67. The number of benzene rings is 1. The maximum Gasteiger partial charge on any atom is 0.267 e. The van der Waals surface area contributed by atoms with Crippen molar-refractivity contribution in [1.29, 1.82) is 0 Å². The minimum Gasteiger partial charge on any atom is -0.496 e. The lowest BCUT2D eigenvalue weighted by molar-refractivity contribution is 0.0910. The number of likely N-dealkylation sites (tertiary alicyclic amines) is 1. The standard InChI is InChI=1S/C22H31N3O4/c1-14(2)6-9-25-10-7-15(8-11-25)23-22(26)17-12-16-18(27-3)13-19(28-4)21(29-5)20(16)24-17/h6,12-13,15,24H,7-11H2,1-5H3,(H,23,26). The molecule has 1 aliphatic heterocycles. The molecule has 2 aromatic rings. The van der Waals surface area contributed by atoms with E-state index in [0.717, 1.165) is 37.9 Å². The number of H-pyrrole nitrogens is 1. The summed E-state index contributed by atoms with van der Waals surface area (Å²) in [5, 5.41) is 3.94. The van der Waals surface area contributed by atoms with Gasteiger partial charge in [0.1, 0.15) is 11.4 Å². The van der Waals surface area contributed by atoms with Gasteiger partial charge in [-0.25, -0.2) is 0 Å². The fourth-order valence-corrected chi connectivity index (χ4v) is 3.69. The number of nitrogens with zero attached hydrogens (tertiary/aromatic N) is 1. The Morgan fingerprint density at radius 3 is 2.41 bits per heavy atom. The van der Waals surface area contributed by atoms with Crippen LogP contribution in [-0.2, 0) is 0 Å². The van der Waals surface area contributed by atoms with Crippen LogP contribution < -0.4 is 19.5 Å². The maximum absolute atomic E-state index is 12.9. The summed E-state index contributed by atoms with van der Waals surface area (Å²) in [5.41, 5.74) is 2.50. The zero-order valence-electron chi connectivity index (χ0n) is 17.9. The Morgan fingerprint density at radius 2 is 1.83 bits per heavy atom. The number of fused-ring (bicyclic) bond motifs is 1. The van der Waals surface area contributed by atoms with E-state index in [2.05, 4.69) is 35.1 Å². The third-order valence-electron chi connectivity index (χ3n) is 5.37. The van der Waals surface area contributed by atoms with Crippen LogP contribution in [0.2, 0.25) is 0 Å². The quantitative estimate of drug-likeness (QED) is 0.696. The summed E-state index contributed by atoms with van der Waals surface area (Å²) >= 11 is 0. The highest BCUT2D eigenvalue weighted by Gasteiger charge is 2.23. The molecule has 7 nitrogen and oxygen atoms in total. The molecule has 29 heavy (non-hydrogen) atoms. The number of aromatic amines is 1. The van der Waals surface area contributed by atoms with Crippen molar-refractivity contribution in [3.8, 4) is 17.2 Å². The first-order valence-electron chi connectivity index (χ1n) is 9.95. The highest BCUT2D eigenvalue weighted by Crippen LogP contribution is 2.41. The minimum absolute atomic E-state index is 0.118. The van der Waals surface area contributed by atoms with Gasteiger partial charge in [-0.1, -0.05) is 11.6 Å². The van der Waals surface area contributed by atoms with Gasteiger partial charge < -0.3 is 24.5 Å². The number of methoxy groups -OCH3 is 3. The molecule has 0 saturated carbocycles. The van der Waals surface area contributed by atoms with Gasteiger partial charge in [-0.15, -0.1) is 0 Å². The smallest absolute Gasteiger partial charge is 0.267 e. The van der Waals surface area contributed by atoms with Crippen molar-refractivity contribution >= 4 is 16.8 Å². The SMILES string of the molecule is COc1cc(OC)c2cc(C(=O)NC3CCN(CC=C(C)C)CC3)[nH]c2c1OC. The first kappa shape index (κ1) is 21.0. The molecule has 0 unspecified atom stereocenters. The molecule has 7 heteroatoms. The number of hydrogen-bond donors (Lipinski definition) is 2. The molecule has 1 fully saturated rings. The molecule has 0 spiro atoms. The van der Waals surface area contributed by atoms with Gasteiger partial charge in [0.25, 0.3) is 5.91 Å². The zero-order chi connectivity index (χ0) is 21.0. The first-order chi connectivity index (χ1) is 14.0. The van der Waals surface area contributed by atoms with Crippen molar-refractivity contribution in [2.45, 2.75) is 32.7 Å². The fraction of sp³-hybridized carbons (Fsp3) is 0.500. The van der Waals surface area contributed by atoms with Gasteiger partial charge in [-0.05, 0) is 32.8 Å². The van der Waals surface area contributed by atoms with E-state index in [0.29, 0.717) is 28.5 Å². The average molecular weight is 402 g/mol. The number of aromatic nitrogens is 1. The Kier molecular flexibility index (Phi) is 6.69. The van der Waals surface area contributed by atoms with Gasteiger partial charge in [0.05, 0.1) is 26.8 Å². The summed E-state index contributed by atoms with van der Waals surface area (Å²) in [7, 11) is 4.74. The Labute approximate surface area is 172 Å². The van der Waals surface area contributed by atoms with Crippen molar-refractivity contribution < 1.29 is 19.0 Å². The summed E-state index contributed by atoms with van der Waals surface area (Å²) in [5.74, 6) is 1.61. The van der Waals surface area contributed by atoms with Gasteiger partial charge >= 0.3 is 0 Å². The second-order valence-corrected chi connectivity index (χ2v) is 7.62.